The minimum atomic E-state index is 0.753. The van der Waals surface area contributed by atoms with E-state index in [9.17, 15) is 0 Å². The number of nitrogens with one attached hydrogen (secondary N) is 1. The van der Waals surface area contributed by atoms with Crippen LogP contribution in [0.25, 0.3) is 22.6 Å². The zero-order valence-corrected chi connectivity index (χ0v) is 16.2. The number of benzene rings is 2. The van der Waals surface area contributed by atoms with Gasteiger partial charge in [0, 0.05) is 23.7 Å². The molecule has 0 atom stereocenters. The van der Waals surface area contributed by atoms with Crippen molar-refractivity contribution in [3.63, 3.8) is 0 Å². The van der Waals surface area contributed by atoms with E-state index >= 15 is 0 Å². The molecule has 4 nitrogen and oxygen atoms in total. The first-order chi connectivity index (χ1) is 13.3. The quantitative estimate of drug-likeness (QED) is 0.548. The zero-order chi connectivity index (χ0) is 18.9. The fourth-order valence-corrected chi connectivity index (χ4v) is 3.07. The molecule has 0 saturated heterocycles. The van der Waals surface area contributed by atoms with Crippen LogP contribution in [-0.2, 0) is 0 Å². The van der Waals surface area contributed by atoms with E-state index in [4.69, 9.17) is 9.97 Å². The van der Waals surface area contributed by atoms with Gasteiger partial charge in [-0.25, -0.2) is 9.97 Å². The maximum atomic E-state index is 4.80. The Labute approximate surface area is 162 Å². The third-order valence-electron chi connectivity index (χ3n) is 4.68. The van der Waals surface area contributed by atoms with Crippen molar-refractivity contribution in [1.29, 1.82) is 0 Å². The van der Waals surface area contributed by atoms with Crippen molar-refractivity contribution in [2.24, 2.45) is 0 Å². The van der Waals surface area contributed by atoms with E-state index in [0.717, 1.165) is 61.1 Å². The first-order valence-corrected chi connectivity index (χ1v) is 9.76. The lowest BCUT2D eigenvalue weighted by Gasteiger charge is -2.18. The summed E-state index contributed by atoms with van der Waals surface area (Å²) in [6.07, 6.45) is 1.09. The number of hydrogen-bond donors (Lipinski definition) is 1. The van der Waals surface area contributed by atoms with Crippen LogP contribution in [0.4, 0.5) is 5.82 Å². The van der Waals surface area contributed by atoms with E-state index in [2.05, 4.69) is 36.2 Å². The molecular weight excluding hydrogens is 332 g/mol. The third kappa shape index (κ3) is 5.38. The summed E-state index contributed by atoms with van der Waals surface area (Å²) in [5, 5.41) is 3.49. The van der Waals surface area contributed by atoms with E-state index in [-0.39, 0.29) is 0 Å². The minimum absolute atomic E-state index is 0.753. The highest BCUT2D eigenvalue weighted by Crippen LogP contribution is 2.24. The molecule has 0 fully saturated rings. The van der Waals surface area contributed by atoms with Crippen molar-refractivity contribution in [2.45, 2.75) is 20.3 Å². The highest BCUT2D eigenvalue weighted by molar-refractivity contribution is 5.67. The lowest BCUT2D eigenvalue weighted by atomic mass is 10.1. The Morgan fingerprint density at radius 2 is 1.44 bits per heavy atom. The summed E-state index contributed by atoms with van der Waals surface area (Å²) in [7, 11) is 0. The number of aromatic nitrogens is 2. The van der Waals surface area contributed by atoms with Crippen LogP contribution in [0.15, 0.2) is 66.7 Å². The number of rotatable bonds is 9. The van der Waals surface area contributed by atoms with Crippen molar-refractivity contribution in [3.8, 4) is 22.6 Å². The van der Waals surface area contributed by atoms with Gasteiger partial charge in [-0.3, -0.25) is 0 Å². The van der Waals surface area contributed by atoms with Gasteiger partial charge >= 0.3 is 0 Å². The number of nitrogens with zero attached hydrogens (tertiary/aromatic N) is 3. The van der Waals surface area contributed by atoms with E-state index < -0.39 is 0 Å². The molecule has 0 aliphatic rings. The van der Waals surface area contributed by atoms with Crippen LogP contribution in [0.5, 0.6) is 0 Å². The first-order valence-electron chi connectivity index (χ1n) is 9.76. The van der Waals surface area contributed by atoms with Gasteiger partial charge in [0.25, 0.3) is 0 Å². The van der Waals surface area contributed by atoms with Crippen molar-refractivity contribution >= 4 is 5.82 Å². The lowest BCUT2D eigenvalue weighted by molar-refractivity contribution is 0.303. The Morgan fingerprint density at radius 3 is 2.07 bits per heavy atom. The van der Waals surface area contributed by atoms with E-state index in [1.54, 1.807) is 0 Å². The minimum Gasteiger partial charge on any atom is -0.370 e. The summed E-state index contributed by atoms with van der Waals surface area (Å²) in [6, 6.07) is 22.5. The predicted octanol–water partition coefficient (Wildman–Crippen LogP) is 4.95. The van der Waals surface area contributed by atoms with Gasteiger partial charge in [-0.05, 0) is 26.1 Å². The summed E-state index contributed by atoms with van der Waals surface area (Å²) in [5.74, 6) is 1.63. The summed E-state index contributed by atoms with van der Waals surface area (Å²) in [5.41, 5.74) is 3.07. The molecule has 1 N–H and O–H groups in total. The number of hydrogen-bond acceptors (Lipinski definition) is 4. The van der Waals surface area contributed by atoms with Crippen LogP contribution in [0.1, 0.15) is 20.3 Å². The lowest BCUT2D eigenvalue weighted by Crippen LogP contribution is -2.25. The van der Waals surface area contributed by atoms with Crippen LogP contribution >= 0.6 is 0 Å². The first kappa shape index (κ1) is 19.1. The maximum Gasteiger partial charge on any atom is 0.162 e. The molecule has 140 valence electrons. The molecule has 3 rings (SSSR count). The molecule has 3 aromatic rings. The van der Waals surface area contributed by atoms with Crippen molar-refractivity contribution in [1.82, 2.24) is 14.9 Å². The molecule has 0 spiro atoms. The summed E-state index contributed by atoms with van der Waals surface area (Å²) in [6.45, 7) is 8.61. The largest absolute Gasteiger partial charge is 0.370 e. The summed E-state index contributed by atoms with van der Waals surface area (Å²) >= 11 is 0. The normalized spacial score (nSPS) is 10.9. The molecule has 0 aliphatic heterocycles. The van der Waals surface area contributed by atoms with Gasteiger partial charge in [-0.1, -0.05) is 74.5 Å². The Morgan fingerprint density at radius 1 is 0.815 bits per heavy atom. The Bertz CT molecular complexity index is 757. The molecule has 0 unspecified atom stereocenters. The zero-order valence-electron chi connectivity index (χ0n) is 16.2. The second-order valence-corrected chi connectivity index (χ2v) is 6.50. The van der Waals surface area contributed by atoms with Crippen LogP contribution in [0.3, 0.4) is 0 Å². The molecular formula is C23H28N4. The van der Waals surface area contributed by atoms with E-state index in [1.807, 2.05) is 54.6 Å². The Balaban J connectivity index is 1.80. The van der Waals surface area contributed by atoms with Gasteiger partial charge in [-0.15, -0.1) is 0 Å². The Hall–Kier alpha value is -2.72. The standard InChI is InChI=1S/C23H28N4/c1-3-27(4-2)17-11-16-24-22-18-21(19-12-7-5-8-13-19)25-23(26-22)20-14-9-6-10-15-20/h5-10,12-15,18H,3-4,11,16-17H2,1-2H3,(H,24,25,26). The van der Waals surface area contributed by atoms with Gasteiger partial charge in [0.2, 0.25) is 0 Å². The molecule has 1 heterocycles. The monoisotopic (exact) mass is 360 g/mol. The van der Waals surface area contributed by atoms with E-state index in [1.165, 1.54) is 0 Å². The molecule has 0 amide bonds. The molecule has 0 radical (unpaired) electrons. The molecule has 27 heavy (non-hydrogen) atoms. The number of anilines is 1. The van der Waals surface area contributed by atoms with Crippen LogP contribution in [0, 0.1) is 0 Å². The van der Waals surface area contributed by atoms with Crippen LogP contribution in [0.2, 0.25) is 0 Å². The highest BCUT2D eigenvalue weighted by Gasteiger charge is 2.08. The van der Waals surface area contributed by atoms with Gasteiger partial charge in [0.05, 0.1) is 5.69 Å². The maximum absolute atomic E-state index is 4.80. The van der Waals surface area contributed by atoms with Crippen LogP contribution < -0.4 is 5.32 Å². The molecule has 1 aromatic heterocycles. The van der Waals surface area contributed by atoms with Crippen molar-refractivity contribution in [3.05, 3.63) is 66.7 Å². The molecule has 0 aliphatic carbocycles. The third-order valence-corrected chi connectivity index (χ3v) is 4.68. The second-order valence-electron chi connectivity index (χ2n) is 6.50. The fraction of sp³-hybridized carbons (Fsp3) is 0.304. The highest BCUT2D eigenvalue weighted by atomic mass is 15.1. The molecule has 0 bridgehead atoms. The van der Waals surface area contributed by atoms with Gasteiger partial charge in [0.1, 0.15) is 5.82 Å². The van der Waals surface area contributed by atoms with Crippen LogP contribution in [-0.4, -0.2) is 41.0 Å². The van der Waals surface area contributed by atoms with Crippen molar-refractivity contribution < 1.29 is 0 Å². The topological polar surface area (TPSA) is 41.0 Å². The predicted molar refractivity (Wildman–Crippen MR) is 114 cm³/mol. The molecule has 2 aromatic carbocycles. The Kier molecular flexibility index (Phi) is 6.94. The fourth-order valence-electron chi connectivity index (χ4n) is 3.07. The van der Waals surface area contributed by atoms with Gasteiger partial charge in [-0.2, -0.15) is 0 Å². The van der Waals surface area contributed by atoms with Gasteiger partial charge < -0.3 is 10.2 Å². The average Bonchev–Trinajstić information content (AvgIpc) is 2.75. The summed E-state index contributed by atoms with van der Waals surface area (Å²) in [4.78, 5) is 12.0. The summed E-state index contributed by atoms with van der Waals surface area (Å²) < 4.78 is 0. The van der Waals surface area contributed by atoms with Crippen molar-refractivity contribution in [2.75, 3.05) is 31.5 Å². The average molecular weight is 361 g/mol. The second kappa shape index (κ2) is 9.83. The van der Waals surface area contributed by atoms with E-state index in [0.29, 0.717) is 0 Å². The van der Waals surface area contributed by atoms with Gasteiger partial charge in [0.15, 0.2) is 5.82 Å². The SMILES string of the molecule is CCN(CC)CCCNc1cc(-c2ccccc2)nc(-c2ccccc2)n1. The smallest absolute Gasteiger partial charge is 0.162 e. The molecule has 0 saturated carbocycles. The molecule has 4 heteroatoms.